The number of rotatable bonds is 1. The van der Waals surface area contributed by atoms with Gasteiger partial charge in [0.1, 0.15) is 0 Å². The Morgan fingerprint density at radius 2 is 2.00 bits per heavy atom. The van der Waals surface area contributed by atoms with Crippen LogP contribution in [0.2, 0.25) is 0 Å². The van der Waals surface area contributed by atoms with Gasteiger partial charge in [-0.1, -0.05) is 0 Å². The Labute approximate surface area is 55.5 Å². The molecule has 0 rings (SSSR count). The molecule has 0 saturated heterocycles. The minimum atomic E-state index is 0. The van der Waals surface area contributed by atoms with Crippen LogP contribution in [0.5, 0.6) is 0 Å². The summed E-state index contributed by atoms with van der Waals surface area (Å²) >= 11 is 0. The van der Waals surface area contributed by atoms with Crippen LogP contribution < -0.4 is 0 Å². The van der Waals surface area contributed by atoms with E-state index in [0.717, 1.165) is 6.61 Å². The van der Waals surface area contributed by atoms with Crippen LogP contribution in [0.15, 0.2) is 12.7 Å². The molecule has 0 aromatic carbocycles. The summed E-state index contributed by atoms with van der Waals surface area (Å²) in [6.45, 7) is 4.06. The molecular formula is C3H5OU-. The second kappa shape index (κ2) is 8.82. The quantitative estimate of drug-likeness (QED) is 0.706. The van der Waals surface area contributed by atoms with E-state index in [1.54, 1.807) is 0 Å². The molecule has 0 atom stereocenters. The van der Waals surface area contributed by atoms with Crippen molar-refractivity contribution in [3.05, 3.63) is 19.3 Å². The molecule has 0 aromatic rings. The summed E-state index contributed by atoms with van der Waals surface area (Å²) in [6.07, 6.45) is 1.31. The van der Waals surface area contributed by atoms with Crippen LogP contribution in [0.1, 0.15) is 0 Å². The molecule has 0 aliphatic carbocycles. The molecule has 28 valence electrons. The summed E-state index contributed by atoms with van der Waals surface area (Å²) in [5, 5.41) is 7.63. The van der Waals surface area contributed by atoms with E-state index in [-0.39, 0.29) is 31.1 Å². The fourth-order valence-electron chi connectivity index (χ4n) is 0. The van der Waals surface area contributed by atoms with Crippen LogP contribution in [0.4, 0.5) is 0 Å². The summed E-state index contributed by atoms with van der Waals surface area (Å²) in [6, 6.07) is 0. The van der Waals surface area contributed by atoms with Crippen molar-refractivity contribution in [2.24, 2.45) is 0 Å². The van der Waals surface area contributed by atoms with E-state index in [1.165, 1.54) is 6.08 Å². The predicted molar refractivity (Wildman–Crippen MR) is 16.4 cm³/mol. The van der Waals surface area contributed by atoms with Gasteiger partial charge in [0, 0.05) is 31.1 Å². The van der Waals surface area contributed by atoms with Crippen molar-refractivity contribution in [2.45, 2.75) is 0 Å². The Morgan fingerprint density at radius 1 is 1.80 bits per heavy atom. The number of hydrogen-bond donors (Lipinski definition) is 1. The fraction of sp³-hybridized carbons (Fsp3) is 0. The van der Waals surface area contributed by atoms with Crippen molar-refractivity contribution < 1.29 is 36.2 Å². The van der Waals surface area contributed by atoms with Crippen molar-refractivity contribution in [3.63, 3.8) is 0 Å². The molecule has 0 aliphatic heterocycles. The second-order valence-corrected chi connectivity index (χ2v) is 0.385. The molecule has 1 N–H and O–H groups in total. The molecule has 0 spiro atoms. The molecule has 0 heterocycles. The first-order valence-electron chi connectivity index (χ1n) is 1.000. The van der Waals surface area contributed by atoms with E-state index in [9.17, 15) is 0 Å². The molecule has 0 radical (unpaired) electrons. The fourth-order valence-corrected chi connectivity index (χ4v) is 0. The monoisotopic (exact) mass is 295 g/mol. The van der Waals surface area contributed by atoms with Crippen LogP contribution in [-0.2, 0) is 0 Å². The predicted octanol–water partition coefficient (Wildman–Crippen LogP) is 0.707. The van der Waals surface area contributed by atoms with Gasteiger partial charge in [0.25, 0.3) is 0 Å². The van der Waals surface area contributed by atoms with E-state index >= 15 is 0 Å². The maximum atomic E-state index is 7.63. The van der Waals surface area contributed by atoms with E-state index in [1.807, 2.05) is 0 Å². The Bertz CT molecular complexity index is 20.9. The second-order valence-electron chi connectivity index (χ2n) is 0.385. The molecule has 0 bridgehead atoms. The SMILES string of the molecule is C=C[CH-]O.[U]. The molecule has 0 fully saturated rings. The molecule has 2 heteroatoms. The first kappa shape index (κ1) is 9.15. The van der Waals surface area contributed by atoms with Gasteiger partial charge < -0.3 is 5.11 Å². The van der Waals surface area contributed by atoms with Gasteiger partial charge in [-0.25, -0.2) is 12.7 Å². The summed E-state index contributed by atoms with van der Waals surface area (Å²) < 4.78 is 0. The average Bonchev–Trinajstić information content (AvgIpc) is 1.37. The molecule has 0 unspecified atom stereocenters. The van der Waals surface area contributed by atoms with E-state index in [4.69, 9.17) is 5.11 Å². The minimum absolute atomic E-state index is 0. The summed E-state index contributed by atoms with van der Waals surface area (Å²) in [4.78, 5) is 0. The molecule has 1 nitrogen and oxygen atoms in total. The van der Waals surface area contributed by atoms with Crippen LogP contribution in [0, 0.1) is 37.7 Å². The molecule has 0 saturated carbocycles. The average molecular weight is 295 g/mol. The van der Waals surface area contributed by atoms with Gasteiger partial charge in [-0.2, -0.15) is 0 Å². The Kier molecular flexibility index (Phi) is 16.1. The van der Waals surface area contributed by atoms with Gasteiger partial charge in [-0.3, -0.25) is 0 Å². The van der Waals surface area contributed by atoms with E-state index < -0.39 is 0 Å². The third-order valence-electron chi connectivity index (χ3n) is 0.105. The molecular weight excluding hydrogens is 290 g/mol. The van der Waals surface area contributed by atoms with Crippen LogP contribution in [-0.4, -0.2) is 5.11 Å². The van der Waals surface area contributed by atoms with Crippen molar-refractivity contribution in [2.75, 3.05) is 0 Å². The zero-order valence-electron chi connectivity index (χ0n) is 2.81. The van der Waals surface area contributed by atoms with Crippen LogP contribution in [0.25, 0.3) is 0 Å². The number of hydrogen-bond acceptors (Lipinski definition) is 1. The molecule has 0 aromatic heterocycles. The minimum Gasteiger partial charge on any atom is -0.458 e. The third-order valence-corrected chi connectivity index (χ3v) is 0.105. The molecule has 0 aliphatic rings. The largest absolute Gasteiger partial charge is 0.458 e. The van der Waals surface area contributed by atoms with Crippen molar-refractivity contribution >= 4 is 0 Å². The zero-order chi connectivity index (χ0) is 3.41. The Morgan fingerprint density at radius 3 is 2.00 bits per heavy atom. The van der Waals surface area contributed by atoms with Gasteiger partial charge in [0.15, 0.2) is 0 Å². The Balaban J connectivity index is 0. The van der Waals surface area contributed by atoms with Crippen LogP contribution >= 0.6 is 0 Å². The molecule has 0 amide bonds. The van der Waals surface area contributed by atoms with Crippen molar-refractivity contribution in [1.82, 2.24) is 0 Å². The van der Waals surface area contributed by atoms with Crippen molar-refractivity contribution in [3.8, 4) is 0 Å². The van der Waals surface area contributed by atoms with Gasteiger partial charge >= 0.3 is 0 Å². The first-order chi connectivity index (χ1) is 1.91. The zero-order valence-corrected chi connectivity index (χ0v) is 6.97. The summed E-state index contributed by atoms with van der Waals surface area (Å²) in [7, 11) is 0. The maximum absolute atomic E-state index is 7.63. The summed E-state index contributed by atoms with van der Waals surface area (Å²) in [5.41, 5.74) is 0. The van der Waals surface area contributed by atoms with Crippen molar-refractivity contribution in [1.29, 1.82) is 0 Å². The number of aliphatic hydroxyl groups is 1. The van der Waals surface area contributed by atoms with Gasteiger partial charge in [0.2, 0.25) is 0 Å². The first-order valence-corrected chi connectivity index (χ1v) is 1.000. The topological polar surface area (TPSA) is 20.2 Å². The Hall–Kier alpha value is 0.622. The normalized spacial score (nSPS) is 4.20. The number of aliphatic hydroxyl groups excluding tert-OH is 1. The van der Waals surface area contributed by atoms with Gasteiger partial charge in [0.05, 0.1) is 0 Å². The summed E-state index contributed by atoms with van der Waals surface area (Å²) in [5.74, 6) is 0. The third kappa shape index (κ3) is 12.1. The van der Waals surface area contributed by atoms with Gasteiger partial charge in [-0.05, 0) is 0 Å². The molecule has 5 heavy (non-hydrogen) atoms. The van der Waals surface area contributed by atoms with E-state index in [2.05, 4.69) is 6.58 Å². The maximum Gasteiger partial charge on any atom is 0 e. The van der Waals surface area contributed by atoms with E-state index in [0.29, 0.717) is 0 Å². The van der Waals surface area contributed by atoms with Crippen LogP contribution in [0.3, 0.4) is 0 Å². The smallest absolute Gasteiger partial charge is 0 e. The standard InChI is InChI=1S/C3H5O.U/c1-2-3-4;/h2-4H,1H2;/q-1;. The van der Waals surface area contributed by atoms with Gasteiger partial charge in [-0.15, -0.1) is 6.61 Å².